The van der Waals surface area contributed by atoms with Crippen molar-refractivity contribution in [2.75, 3.05) is 39.3 Å². The second-order valence-electron chi connectivity index (χ2n) is 7.76. The maximum atomic E-state index is 12.7. The van der Waals surface area contributed by atoms with Gasteiger partial charge in [-0.3, -0.25) is 9.59 Å². The quantitative estimate of drug-likeness (QED) is 0.483. The number of aromatic nitrogens is 1. The number of hydrogen-bond donors (Lipinski definition) is 1. The van der Waals surface area contributed by atoms with Crippen molar-refractivity contribution in [3.8, 4) is 17.2 Å². The Labute approximate surface area is 196 Å². The molecule has 1 aliphatic rings. The zero-order valence-corrected chi connectivity index (χ0v) is 19.7. The van der Waals surface area contributed by atoms with Gasteiger partial charge in [0.2, 0.25) is 17.6 Å². The maximum absolute atomic E-state index is 12.7. The molecule has 0 radical (unpaired) electrons. The lowest BCUT2D eigenvalue weighted by molar-refractivity contribution is -0.126. The summed E-state index contributed by atoms with van der Waals surface area (Å²) in [6.07, 6.45) is 1.77. The van der Waals surface area contributed by atoms with Crippen LogP contribution < -0.4 is 24.4 Å². The lowest BCUT2D eigenvalue weighted by atomic mass is 10.1. The van der Waals surface area contributed by atoms with Crippen molar-refractivity contribution < 1.29 is 23.8 Å². The Morgan fingerprint density at radius 2 is 1.88 bits per heavy atom. The van der Waals surface area contributed by atoms with Crippen LogP contribution in [0.25, 0.3) is 10.2 Å². The summed E-state index contributed by atoms with van der Waals surface area (Å²) in [7, 11) is 4.58. The molecule has 0 saturated carbocycles. The standard InChI is InChI=1S/C24H27N3O5S/c1-30-18-12-16(13-19(31-2)23(18)32-3)27-14-15(11-22(27)28)24(29)25-10-6-9-21-26-17-7-4-5-8-20(17)33-21/h4-5,7-8,12-13,15H,6,9-11,14H2,1-3H3,(H,25,29). The SMILES string of the molecule is COc1cc(N2CC(C(=O)NCCCc3nc4ccccc4s3)CC2=O)cc(OC)c1OC. The zero-order valence-electron chi connectivity index (χ0n) is 18.9. The van der Waals surface area contributed by atoms with E-state index < -0.39 is 5.92 Å². The van der Waals surface area contributed by atoms with Gasteiger partial charge in [-0.05, 0) is 18.6 Å². The highest BCUT2D eigenvalue weighted by atomic mass is 32.1. The fraction of sp³-hybridized carbons (Fsp3) is 0.375. The Morgan fingerprint density at radius 1 is 1.15 bits per heavy atom. The molecule has 1 fully saturated rings. The predicted octanol–water partition coefficient (Wildman–Crippen LogP) is 3.42. The summed E-state index contributed by atoms with van der Waals surface area (Å²) in [6, 6.07) is 11.5. The van der Waals surface area contributed by atoms with E-state index in [0.29, 0.717) is 36.0 Å². The Balaban J connectivity index is 1.33. The molecule has 33 heavy (non-hydrogen) atoms. The predicted molar refractivity (Wildman–Crippen MR) is 128 cm³/mol. The molecule has 0 spiro atoms. The van der Waals surface area contributed by atoms with Gasteiger partial charge in [0.15, 0.2) is 11.5 Å². The summed E-state index contributed by atoms with van der Waals surface area (Å²) >= 11 is 1.68. The second kappa shape index (κ2) is 10.1. The number of benzene rings is 2. The number of ether oxygens (including phenoxy) is 3. The second-order valence-corrected chi connectivity index (χ2v) is 8.87. The Bertz CT molecular complexity index is 1100. The Hall–Kier alpha value is -3.33. The minimum atomic E-state index is -0.404. The van der Waals surface area contributed by atoms with Crippen LogP contribution in [0.5, 0.6) is 17.2 Å². The fourth-order valence-electron chi connectivity index (χ4n) is 3.98. The molecule has 2 amide bonds. The van der Waals surface area contributed by atoms with Gasteiger partial charge in [0.1, 0.15) is 0 Å². The van der Waals surface area contributed by atoms with Crippen LogP contribution >= 0.6 is 11.3 Å². The van der Waals surface area contributed by atoms with Gasteiger partial charge in [-0.1, -0.05) is 12.1 Å². The van der Waals surface area contributed by atoms with Gasteiger partial charge < -0.3 is 24.4 Å². The number of methoxy groups -OCH3 is 3. The smallest absolute Gasteiger partial charge is 0.227 e. The Kier molecular flexibility index (Phi) is 6.98. The highest BCUT2D eigenvalue weighted by Gasteiger charge is 2.35. The largest absolute Gasteiger partial charge is 0.493 e. The summed E-state index contributed by atoms with van der Waals surface area (Å²) < 4.78 is 17.3. The van der Waals surface area contributed by atoms with Gasteiger partial charge in [0.25, 0.3) is 0 Å². The topological polar surface area (TPSA) is 90.0 Å². The van der Waals surface area contributed by atoms with Crippen molar-refractivity contribution in [3.05, 3.63) is 41.4 Å². The summed E-state index contributed by atoms with van der Waals surface area (Å²) in [4.78, 5) is 31.6. The van der Waals surface area contributed by atoms with Gasteiger partial charge in [0, 0.05) is 38.1 Å². The summed E-state index contributed by atoms with van der Waals surface area (Å²) in [5, 5.41) is 4.04. The average molecular weight is 470 g/mol. The van der Waals surface area contributed by atoms with Crippen LogP contribution in [0.2, 0.25) is 0 Å². The lowest BCUT2D eigenvalue weighted by Crippen LogP contribution is -2.33. The van der Waals surface area contributed by atoms with Crippen LogP contribution in [0.1, 0.15) is 17.8 Å². The molecule has 1 atom stereocenters. The number of carbonyl (C=O) groups is 2. The van der Waals surface area contributed by atoms with Gasteiger partial charge in [-0.25, -0.2) is 4.98 Å². The lowest BCUT2D eigenvalue weighted by Gasteiger charge is -2.20. The summed E-state index contributed by atoms with van der Waals surface area (Å²) in [5.74, 6) is 0.753. The molecule has 1 aromatic heterocycles. The number of nitrogens with zero attached hydrogens (tertiary/aromatic N) is 2. The number of carbonyl (C=O) groups excluding carboxylic acids is 2. The van der Waals surface area contributed by atoms with E-state index in [9.17, 15) is 9.59 Å². The summed E-state index contributed by atoms with van der Waals surface area (Å²) in [6.45, 7) is 0.852. The normalized spacial score (nSPS) is 15.7. The van der Waals surface area contributed by atoms with Crippen molar-refractivity contribution in [1.29, 1.82) is 0 Å². The van der Waals surface area contributed by atoms with Crippen molar-refractivity contribution in [2.45, 2.75) is 19.3 Å². The summed E-state index contributed by atoms with van der Waals surface area (Å²) in [5.41, 5.74) is 1.62. The third kappa shape index (κ3) is 4.88. The van der Waals surface area contributed by atoms with Crippen LogP contribution in [0.4, 0.5) is 5.69 Å². The number of amides is 2. The fourth-order valence-corrected chi connectivity index (χ4v) is 4.99. The van der Waals surface area contributed by atoms with E-state index in [0.717, 1.165) is 23.4 Å². The molecule has 3 aromatic rings. The van der Waals surface area contributed by atoms with Crippen molar-refractivity contribution in [2.24, 2.45) is 5.92 Å². The molecule has 1 aliphatic heterocycles. The first-order valence-electron chi connectivity index (χ1n) is 10.8. The number of rotatable bonds is 9. The van der Waals surface area contributed by atoms with Crippen molar-refractivity contribution in [3.63, 3.8) is 0 Å². The highest BCUT2D eigenvalue weighted by Crippen LogP contribution is 2.42. The van der Waals surface area contributed by atoms with E-state index in [-0.39, 0.29) is 18.2 Å². The minimum absolute atomic E-state index is 0.109. The molecule has 2 aromatic carbocycles. The van der Waals surface area contributed by atoms with E-state index in [2.05, 4.69) is 16.4 Å². The molecule has 0 aliphatic carbocycles. The maximum Gasteiger partial charge on any atom is 0.227 e. The molecular weight excluding hydrogens is 442 g/mol. The molecule has 4 rings (SSSR count). The number of nitrogens with one attached hydrogen (secondary N) is 1. The number of thiazole rings is 1. The average Bonchev–Trinajstić information content (AvgIpc) is 3.43. The minimum Gasteiger partial charge on any atom is -0.493 e. The molecule has 2 heterocycles. The molecular formula is C24H27N3O5S. The van der Waals surface area contributed by atoms with E-state index in [1.165, 1.54) is 26.0 Å². The van der Waals surface area contributed by atoms with Crippen molar-refractivity contribution >= 4 is 39.1 Å². The first-order valence-corrected chi connectivity index (χ1v) is 11.6. The molecule has 8 nitrogen and oxygen atoms in total. The number of para-hydroxylation sites is 1. The number of fused-ring (bicyclic) bond motifs is 1. The molecule has 1 N–H and O–H groups in total. The van der Waals surface area contributed by atoms with Crippen LogP contribution in [-0.2, 0) is 16.0 Å². The van der Waals surface area contributed by atoms with Gasteiger partial charge in [-0.15, -0.1) is 11.3 Å². The first-order chi connectivity index (χ1) is 16.0. The zero-order chi connectivity index (χ0) is 23.4. The van der Waals surface area contributed by atoms with Gasteiger partial charge in [-0.2, -0.15) is 0 Å². The van der Waals surface area contributed by atoms with Crippen LogP contribution in [0, 0.1) is 5.92 Å². The molecule has 1 unspecified atom stereocenters. The van der Waals surface area contributed by atoms with Crippen LogP contribution in [0.15, 0.2) is 36.4 Å². The number of hydrogen-bond acceptors (Lipinski definition) is 7. The molecule has 1 saturated heterocycles. The van der Waals surface area contributed by atoms with Gasteiger partial charge >= 0.3 is 0 Å². The number of aryl methyl sites for hydroxylation is 1. The van der Waals surface area contributed by atoms with E-state index in [1.807, 2.05) is 18.2 Å². The third-order valence-corrected chi connectivity index (χ3v) is 6.76. The highest BCUT2D eigenvalue weighted by molar-refractivity contribution is 7.18. The van der Waals surface area contributed by atoms with Crippen molar-refractivity contribution in [1.82, 2.24) is 10.3 Å². The van der Waals surface area contributed by atoms with E-state index >= 15 is 0 Å². The molecule has 174 valence electrons. The van der Waals surface area contributed by atoms with E-state index in [4.69, 9.17) is 14.2 Å². The van der Waals surface area contributed by atoms with Crippen LogP contribution in [-0.4, -0.2) is 51.2 Å². The Morgan fingerprint density at radius 3 is 2.55 bits per heavy atom. The third-order valence-electron chi connectivity index (χ3n) is 5.66. The number of anilines is 1. The van der Waals surface area contributed by atoms with Crippen LogP contribution in [0.3, 0.4) is 0 Å². The monoisotopic (exact) mass is 469 g/mol. The van der Waals surface area contributed by atoms with Gasteiger partial charge in [0.05, 0.1) is 48.2 Å². The molecule has 9 heteroatoms. The molecule has 0 bridgehead atoms. The van der Waals surface area contributed by atoms with E-state index in [1.54, 1.807) is 28.4 Å². The first kappa shape index (κ1) is 22.8.